The number of aliphatic carboxylic acids is 1. The largest absolute Gasteiger partial charge is 0.487 e. The monoisotopic (exact) mass is 508 g/mol. The zero-order valence-electron chi connectivity index (χ0n) is 23.7. The summed E-state index contributed by atoms with van der Waals surface area (Å²) in [6.07, 6.45) is 15.9. The van der Waals surface area contributed by atoms with Gasteiger partial charge >= 0.3 is 11.9 Å². The first-order valence-electron chi connectivity index (χ1n) is 13.2. The van der Waals surface area contributed by atoms with Crippen LogP contribution in [0.25, 0.3) is 5.57 Å². The maximum absolute atomic E-state index is 12.2. The summed E-state index contributed by atoms with van der Waals surface area (Å²) in [7, 11) is 1.25. The molecule has 1 aliphatic rings. The molecule has 1 atom stereocenters. The Labute approximate surface area is 223 Å². The second-order valence-electron chi connectivity index (χ2n) is 10.7. The van der Waals surface area contributed by atoms with Gasteiger partial charge in [0.05, 0.1) is 12.7 Å². The standard InChI is InChI=1S/C32H44O5/c1-22(2)11-8-12-23(3)13-9-14-24(4)15-10-17-32(6)18-16-26-20-27(19-25(5)30(26)37-32)28(21-29(33)34)31(35)36-7/h11,13,15,19-21H,8-10,12,14,16-18H2,1-7H3,(H,33,34)/b23-13+,24-15+,28-21+/t32-/m1/s1. The van der Waals surface area contributed by atoms with Gasteiger partial charge in [-0.2, -0.15) is 0 Å². The maximum atomic E-state index is 12.2. The topological polar surface area (TPSA) is 72.8 Å². The molecule has 0 aliphatic carbocycles. The lowest BCUT2D eigenvalue weighted by Gasteiger charge is -2.37. The van der Waals surface area contributed by atoms with Gasteiger partial charge in [-0.25, -0.2) is 9.59 Å². The Hall–Kier alpha value is -3.08. The van der Waals surface area contributed by atoms with Crippen molar-refractivity contribution < 1.29 is 24.2 Å². The lowest BCUT2D eigenvalue weighted by Crippen LogP contribution is -2.36. The van der Waals surface area contributed by atoms with Crippen LogP contribution in [0, 0.1) is 6.92 Å². The van der Waals surface area contributed by atoms with Crippen LogP contribution in [-0.2, 0) is 20.7 Å². The number of methoxy groups -OCH3 is 1. The summed E-state index contributed by atoms with van der Waals surface area (Å²) in [5.41, 5.74) is 6.44. The van der Waals surface area contributed by atoms with Gasteiger partial charge < -0.3 is 14.6 Å². The van der Waals surface area contributed by atoms with Crippen molar-refractivity contribution in [3.63, 3.8) is 0 Å². The van der Waals surface area contributed by atoms with Gasteiger partial charge in [-0.05, 0) is 122 Å². The minimum absolute atomic E-state index is 0.0350. The molecule has 0 unspecified atom stereocenters. The van der Waals surface area contributed by atoms with Crippen LogP contribution >= 0.6 is 0 Å². The summed E-state index contributed by atoms with van der Waals surface area (Å²) in [6, 6.07) is 3.66. The molecule has 0 saturated carbocycles. The first kappa shape index (κ1) is 30.1. The van der Waals surface area contributed by atoms with Crippen LogP contribution in [0.3, 0.4) is 0 Å². The summed E-state index contributed by atoms with van der Waals surface area (Å²) >= 11 is 0. The molecule has 0 spiro atoms. The van der Waals surface area contributed by atoms with Crippen LogP contribution < -0.4 is 4.74 Å². The van der Waals surface area contributed by atoms with E-state index >= 15 is 0 Å². The Morgan fingerprint density at radius 1 is 1.03 bits per heavy atom. The highest BCUT2D eigenvalue weighted by Gasteiger charge is 2.32. The van der Waals surface area contributed by atoms with Gasteiger partial charge in [-0.3, -0.25) is 0 Å². The Kier molecular flexibility index (Phi) is 11.4. The smallest absolute Gasteiger partial charge is 0.338 e. The molecule has 0 fully saturated rings. The third-order valence-electron chi connectivity index (χ3n) is 6.90. The lowest BCUT2D eigenvalue weighted by atomic mass is 9.86. The zero-order chi connectivity index (χ0) is 27.6. The van der Waals surface area contributed by atoms with Crippen molar-refractivity contribution in [1.82, 2.24) is 0 Å². The number of carbonyl (C=O) groups excluding carboxylic acids is 1. The number of aryl methyl sites for hydroxylation is 2. The quantitative estimate of drug-likeness (QED) is 0.176. The fourth-order valence-corrected chi connectivity index (χ4v) is 4.66. The number of carbonyl (C=O) groups is 2. The van der Waals surface area contributed by atoms with E-state index in [1.807, 2.05) is 13.0 Å². The third-order valence-corrected chi connectivity index (χ3v) is 6.90. The molecular weight excluding hydrogens is 464 g/mol. The number of benzene rings is 1. The predicted octanol–water partition coefficient (Wildman–Crippen LogP) is 7.92. The van der Waals surface area contributed by atoms with Crippen molar-refractivity contribution in [3.05, 3.63) is 69.8 Å². The number of allylic oxidation sites excluding steroid dienone is 6. The number of esters is 1. The molecule has 0 saturated heterocycles. The molecule has 0 bridgehead atoms. The van der Waals surface area contributed by atoms with Crippen molar-refractivity contribution in [2.24, 2.45) is 0 Å². The van der Waals surface area contributed by atoms with Crippen LogP contribution in [0.15, 0.2) is 53.2 Å². The van der Waals surface area contributed by atoms with Crippen LogP contribution in [0.5, 0.6) is 5.75 Å². The number of fused-ring (bicyclic) bond motifs is 1. The minimum Gasteiger partial charge on any atom is -0.487 e. The number of carboxylic acid groups (broad SMARTS) is 1. The van der Waals surface area contributed by atoms with E-state index < -0.39 is 11.9 Å². The highest BCUT2D eigenvalue weighted by molar-refractivity contribution is 6.20. The Balaban J connectivity index is 1.99. The zero-order valence-corrected chi connectivity index (χ0v) is 23.7. The van der Waals surface area contributed by atoms with Gasteiger partial charge in [0.2, 0.25) is 0 Å². The van der Waals surface area contributed by atoms with E-state index in [1.165, 1.54) is 23.8 Å². The SMILES string of the molecule is COC(=O)/C(=C/C(=O)O)c1cc(C)c2c(c1)CC[C@@](C)(CC/C=C(\C)CC/C=C(\C)CCC=C(C)C)O2. The fraction of sp³-hybridized carbons (Fsp3) is 0.500. The average molecular weight is 509 g/mol. The highest BCUT2D eigenvalue weighted by atomic mass is 16.5. The van der Waals surface area contributed by atoms with E-state index in [4.69, 9.17) is 9.47 Å². The van der Waals surface area contributed by atoms with Gasteiger partial charge in [-0.1, -0.05) is 34.9 Å². The lowest BCUT2D eigenvalue weighted by molar-refractivity contribution is -0.135. The van der Waals surface area contributed by atoms with E-state index in [2.05, 4.69) is 52.8 Å². The molecule has 1 aromatic carbocycles. The Morgan fingerprint density at radius 2 is 1.65 bits per heavy atom. The van der Waals surface area contributed by atoms with Crippen molar-refractivity contribution in [2.75, 3.05) is 7.11 Å². The van der Waals surface area contributed by atoms with Crippen LogP contribution in [0.4, 0.5) is 0 Å². The van der Waals surface area contributed by atoms with Crippen molar-refractivity contribution in [2.45, 2.75) is 98.5 Å². The second kappa shape index (κ2) is 14.0. The third kappa shape index (κ3) is 9.71. The van der Waals surface area contributed by atoms with Gasteiger partial charge in [0.1, 0.15) is 11.4 Å². The first-order chi connectivity index (χ1) is 17.4. The van der Waals surface area contributed by atoms with Gasteiger partial charge in [-0.15, -0.1) is 0 Å². The number of hydrogen-bond donors (Lipinski definition) is 1. The van der Waals surface area contributed by atoms with E-state index in [0.717, 1.165) is 74.3 Å². The molecule has 0 amide bonds. The Bertz CT molecular complexity index is 1100. The van der Waals surface area contributed by atoms with Gasteiger partial charge in [0.25, 0.3) is 0 Å². The van der Waals surface area contributed by atoms with Gasteiger partial charge in [0, 0.05) is 6.08 Å². The summed E-state index contributed by atoms with van der Waals surface area (Å²) in [6.45, 7) is 12.8. The van der Waals surface area contributed by atoms with Gasteiger partial charge in [0.15, 0.2) is 0 Å². The molecule has 0 radical (unpaired) electrons. The number of ether oxygens (including phenoxy) is 2. The average Bonchev–Trinajstić information content (AvgIpc) is 2.82. The molecule has 202 valence electrons. The number of hydrogen-bond acceptors (Lipinski definition) is 4. The van der Waals surface area contributed by atoms with Crippen molar-refractivity contribution in [3.8, 4) is 5.75 Å². The Morgan fingerprint density at radius 3 is 2.24 bits per heavy atom. The first-order valence-corrected chi connectivity index (χ1v) is 13.2. The van der Waals surface area contributed by atoms with Crippen LogP contribution in [-0.4, -0.2) is 29.8 Å². The molecule has 1 aromatic rings. The van der Waals surface area contributed by atoms with Crippen LogP contribution in [0.2, 0.25) is 0 Å². The molecule has 1 N–H and O–H groups in total. The molecular formula is C32H44O5. The summed E-state index contributed by atoms with van der Waals surface area (Å²) in [5, 5.41) is 9.19. The number of rotatable bonds is 12. The number of carboxylic acids is 1. The molecule has 5 nitrogen and oxygen atoms in total. The molecule has 37 heavy (non-hydrogen) atoms. The van der Waals surface area contributed by atoms with Crippen molar-refractivity contribution in [1.29, 1.82) is 0 Å². The van der Waals surface area contributed by atoms with E-state index in [-0.39, 0.29) is 11.2 Å². The van der Waals surface area contributed by atoms with E-state index in [9.17, 15) is 14.7 Å². The molecule has 2 rings (SSSR count). The summed E-state index contributed by atoms with van der Waals surface area (Å²) in [4.78, 5) is 23.4. The normalized spacial score (nSPS) is 18.1. The molecule has 5 heteroatoms. The predicted molar refractivity (Wildman–Crippen MR) is 151 cm³/mol. The molecule has 0 aromatic heterocycles. The van der Waals surface area contributed by atoms with Crippen LogP contribution in [0.1, 0.15) is 96.3 Å². The highest BCUT2D eigenvalue weighted by Crippen LogP contribution is 2.40. The summed E-state index contributed by atoms with van der Waals surface area (Å²) in [5.74, 6) is -1.01. The maximum Gasteiger partial charge on any atom is 0.338 e. The van der Waals surface area contributed by atoms with E-state index in [1.54, 1.807) is 6.07 Å². The fourth-order valence-electron chi connectivity index (χ4n) is 4.66. The minimum atomic E-state index is -1.19. The van der Waals surface area contributed by atoms with E-state index in [0.29, 0.717) is 5.56 Å². The van der Waals surface area contributed by atoms with Crippen molar-refractivity contribution >= 4 is 17.5 Å². The molecule has 1 aliphatic heterocycles. The second-order valence-corrected chi connectivity index (χ2v) is 10.7. The molecule has 1 heterocycles. The summed E-state index contributed by atoms with van der Waals surface area (Å²) < 4.78 is 11.3.